The van der Waals surface area contributed by atoms with Gasteiger partial charge in [-0.15, -0.1) is 11.3 Å². The molecule has 68 valence electrons. The highest BCUT2D eigenvalue weighted by atomic mass is 32.1. The van der Waals surface area contributed by atoms with Crippen LogP contribution in [0.1, 0.15) is 10.4 Å². The number of hydrogen-bond donors (Lipinski definition) is 2. The van der Waals surface area contributed by atoms with Crippen molar-refractivity contribution >= 4 is 21.4 Å². The Morgan fingerprint density at radius 1 is 1.31 bits per heavy atom. The van der Waals surface area contributed by atoms with Gasteiger partial charge < -0.3 is 10.2 Å². The molecule has 0 unspecified atom stereocenters. The van der Waals surface area contributed by atoms with Crippen molar-refractivity contribution < 1.29 is 10.2 Å². The van der Waals surface area contributed by atoms with Crippen LogP contribution in [0.2, 0.25) is 0 Å². The Morgan fingerprint density at radius 2 is 2.08 bits per heavy atom. The maximum absolute atomic E-state index is 9.44. The summed E-state index contributed by atoms with van der Waals surface area (Å²) >= 11 is 1.51. The summed E-state index contributed by atoms with van der Waals surface area (Å²) in [5.41, 5.74) is 0.870. The Morgan fingerprint density at radius 3 is 2.77 bits per heavy atom. The van der Waals surface area contributed by atoms with Crippen molar-refractivity contribution in [3.63, 3.8) is 0 Å². The van der Waals surface area contributed by atoms with Gasteiger partial charge in [-0.05, 0) is 36.1 Å². The van der Waals surface area contributed by atoms with E-state index >= 15 is 0 Å². The molecule has 2 aromatic rings. The summed E-state index contributed by atoms with van der Waals surface area (Å²) in [6.45, 7) is 1.93. The standard InChI is InChI=1S/C10H10O2S/c1-6-2-7-3-8(5-11)13-10(7)4-9(6)12/h2-4,11-12H,5H2,1H3. The van der Waals surface area contributed by atoms with Gasteiger partial charge in [0.1, 0.15) is 5.75 Å². The Kier molecular flexibility index (Phi) is 1.98. The molecule has 2 N–H and O–H groups in total. The van der Waals surface area contributed by atoms with Gasteiger partial charge in [-0.1, -0.05) is 0 Å². The van der Waals surface area contributed by atoms with Crippen LogP contribution in [0.5, 0.6) is 5.75 Å². The lowest BCUT2D eigenvalue weighted by Crippen LogP contribution is -1.72. The Hall–Kier alpha value is -1.06. The van der Waals surface area contributed by atoms with Crippen molar-refractivity contribution in [3.05, 3.63) is 28.6 Å². The molecular formula is C10H10O2S. The lowest BCUT2D eigenvalue weighted by molar-refractivity contribution is 0.285. The summed E-state index contributed by atoms with van der Waals surface area (Å²) in [5.74, 6) is 0.318. The number of rotatable bonds is 1. The molecule has 0 saturated heterocycles. The number of benzene rings is 1. The quantitative estimate of drug-likeness (QED) is 0.731. The number of phenols is 1. The number of fused-ring (bicyclic) bond motifs is 1. The highest BCUT2D eigenvalue weighted by Crippen LogP contribution is 2.30. The molecular weight excluding hydrogens is 184 g/mol. The highest BCUT2D eigenvalue weighted by Gasteiger charge is 2.03. The first-order chi connectivity index (χ1) is 6.20. The largest absolute Gasteiger partial charge is 0.508 e. The van der Waals surface area contributed by atoms with Crippen LogP contribution >= 0.6 is 11.3 Å². The average molecular weight is 194 g/mol. The summed E-state index contributed by atoms with van der Waals surface area (Å²) in [6.07, 6.45) is 0. The third-order valence-corrected chi connectivity index (χ3v) is 3.12. The molecule has 0 aliphatic heterocycles. The molecule has 0 spiro atoms. The van der Waals surface area contributed by atoms with Crippen molar-refractivity contribution in [2.75, 3.05) is 0 Å². The van der Waals surface area contributed by atoms with Crippen LogP contribution in [-0.4, -0.2) is 10.2 Å². The monoisotopic (exact) mass is 194 g/mol. The molecule has 2 nitrogen and oxygen atoms in total. The average Bonchev–Trinajstić information content (AvgIpc) is 2.48. The topological polar surface area (TPSA) is 40.5 Å². The van der Waals surface area contributed by atoms with E-state index in [0.29, 0.717) is 5.75 Å². The van der Waals surface area contributed by atoms with Crippen LogP contribution in [0.25, 0.3) is 10.1 Å². The van der Waals surface area contributed by atoms with Gasteiger partial charge in [-0.2, -0.15) is 0 Å². The minimum Gasteiger partial charge on any atom is -0.508 e. The zero-order chi connectivity index (χ0) is 9.42. The third kappa shape index (κ3) is 1.41. The van der Waals surface area contributed by atoms with E-state index in [0.717, 1.165) is 20.5 Å². The van der Waals surface area contributed by atoms with Crippen molar-refractivity contribution in [1.29, 1.82) is 0 Å². The van der Waals surface area contributed by atoms with Gasteiger partial charge in [0.15, 0.2) is 0 Å². The fourth-order valence-corrected chi connectivity index (χ4v) is 2.26. The number of aromatic hydroxyl groups is 1. The van der Waals surface area contributed by atoms with E-state index in [1.54, 1.807) is 6.07 Å². The number of thiophene rings is 1. The Bertz CT molecular complexity index is 406. The van der Waals surface area contributed by atoms with Crippen molar-refractivity contribution in [2.45, 2.75) is 13.5 Å². The molecule has 2 rings (SSSR count). The highest BCUT2D eigenvalue weighted by molar-refractivity contribution is 7.19. The smallest absolute Gasteiger partial charge is 0.119 e. The van der Waals surface area contributed by atoms with Crippen LogP contribution < -0.4 is 0 Å². The molecule has 1 aromatic heterocycles. The van der Waals surface area contributed by atoms with E-state index in [4.69, 9.17) is 5.11 Å². The van der Waals surface area contributed by atoms with Crippen LogP contribution in [0, 0.1) is 6.92 Å². The first-order valence-corrected chi connectivity index (χ1v) is 4.85. The van der Waals surface area contributed by atoms with E-state index in [9.17, 15) is 5.11 Å². The zero-order valence-electron chi connectivity index (χ0n) is 7.24. The van der Waals surface area contributed by atoms with Crippen LogP contribution in [0.3, 0.4) is 0 Å². The number of aryl methyl sites for hydroxylation is 1. The van der Waals surface area contributed by atoms with Crippen LogP contribution in [-0.2, 0) is 6.61 Å². The predicted octanol–water partition coefficient (Wildman–Crippen LogP) is 2.41. The number of aliphatic hydroxyl groups is 1. The molecule has 0 saturated carbocycles. The SMILES string of the molecule is Cc1cc2cc(CO)sc2cc1O. The Labute approximate surface area is 80.1 Å². The molecule has 3 heteroatoms. The van der Waals surface area contributed by atoms with Crippen LogP contribution in [0.4, 0.5) is 0 Å². The molecule has 1 aromatic carbocycles. The molecule has 1 heterocycles. The van der Waals surface area contributed by atoms with E-state index in [1.807, 2.05) is 19.1 Å². The van der Waals surface area contributed by atoms with Gasteiger partial charge in [0, 0.05) is 9.58 Å². The first-order valence-electron chi connectivity index (χ1n) is 4.03. The molecule has 0 radical (unpaired) electrons. The number of hydrogen-bond acceptors (Lipinski definition) is 3. The second kappa shape index (κ2) is 3.01. The van der Waals surface area contributed by atoms with Gasteiger partial charge in [0.25, 0.3) is 0 Å². The van der Waals surface area contributed by atoms with E-state index in [2.05, 4.69) is 0 Å². The molecule has 13 heavy (non-hydrogen) atoms. The van der Waals surface area contributed by atoms with Gasteiger partial charge in [0.05, 0.1) is 6.61 Å². The number of aliphatic hydroxyl groups excluding tert-OH is 1. The predicted molar refractivity (Wildman–Crippen MR) is 54.1 cm³/mol. The second-order valence-corrected chi connectivity index (χ2v) is 4.22. The Balaban J connectivity index is 2.70. The van der Waals surface area contributed by atoms with E-state index < -0.39 is 0 Å². The van der Waals surface area contributed by atoms with Crippen molar-refractivity contribution in [1.82, 2.24) is 0 Å². The maximum atomic E-state index is 9.44. The summed E-state index contributed by atoms with van der Waals surface area (Å²) in [5, 5.41) is 19.5. The van der Waals surface area contributed by atoms with E-state index in [-0.39, 0.29) is 6.61 Å². The summed E-state index contributed by atoms with van der Waals surface area (Å²) in [7, 11) is 0. The van der Waals surface area contributed by atoms with E-state index in [1.165, 1.54) is 11.3 Å². The fourth-order valence-electron chi connectivity index (χ4n) is 1.32. The van der Waals surface area contributed by atoms with Gasteiger partial charge in [-0.3, -0.25) is 0 Å². The van der Waals surface area contributed by atoms with Gasteiger partial charge >= 0.3 is 0 Å². The van der Waals surface area contributed by atoms with Crippen LogP contribution in [0.15, 0.2) is 18.2 Å². The molecule has 0 atom stereocenters. The van der Waals surface area contributed by atoms with Crippen molar-refractivity contribution in [2.24, 2.45) is 0 Å². The molecule has 0 fully saturated rings. The first kappa shape index (κ1) is 8.53. The molecule has 0 aliphatic carbocycles. The lowest BCUT2D eigenvalue weighted by Gasteiger charge is -1.96. The maximum Gasteiger partial charge on any atom is 0.119 e. The minimum absolute atomic E-state index is 0.0686. The zero-order valence-corrected chi connectivity index (χ0v) is 8.06. The second-order valence-electron chi connectivity index (χ2n) is 3.05. The molecule has 0 aliphatic rings. The molecule has 0 bridgehead atoms. The van der Waals surface area contributed by atoms with Gasteiger partial charge in [0.2, 0.25) is 0 Å². The van der Waals surface area contributed by atoms with Gasteiger partial charge in [-0.25, -0.2) is 0 Å². The normalized spacial score (nSPS) is 10.9. The fraction of sp³-hybridized carbons (Fsp3) is 0.200. The lowest BCUT2D eigenvalue weighted by atomic mass is 10.1. The summed E-state index contributed by atoms with van der Waals surface area (Å²) < 4.78 is 1.02. The molecule has 0 amide bonds. The summed E-state index contributed by atoms with van der Waals surface area (Å²) in [4.78, 5) is 0.931. The minimum atomic E-state index is 0.0686. The van der Waals surface area contributed by atoms with Crippen molar-refractivity contribution in [3.8, 4) is 5.75 Å². The summed E-state index contributed by atoms with van der Waals surface area (Å²) in [6, 6.07) is 5.63. The number of phenolic OH excluding ortho intramolecular Hbond substituents is 1. The third-order valence-electron chi connectivity index (χ3n) is 2.04.